The number of rotatable bonds is 2. The van der Waals surface area contributed by atoms with Gasteiger partial charge in [0.25, 0.3) is 0 Å². The Bertz CT molecular complexity index is 527. The summed E-state index contributed by atoms with van der Waals surface area (Å²) in [6.45, 7) is 1.91. The van der Waals surface area contributed by atoms with Crippen molar-refractivity contribution in [2.24, 2.45) is 0 Å². The highest BCUT2D eigenvalue weighted by Crippen LogP contribution is 2.25. The van der Waals surface area contributed by atoms with Gasteiger partial charge in [-0.25, -0.2) is 4.39 Å². The van der Waals surface area contributed by atoms with Crippen LogP contribution in [0.1, 0.15) is 20.1 Å². The fourth-order valence-electron chi connectivity index (χ4n) is 1.39. The standard InChI is InChI=1S/C12H8BrFOS/c1-7-5-6-10(16-7)12(15)11-8(13)3-2-4-9(11)14/h2-6H,1H3. The minimum atomic E-state index is -0.495. The van der Waals surface area contributed by atoms with E-state index in [1.54, 1.807) is 18.2 Å². The molecule has 16 heavy (non-hydrogen) atoms. The molecule has 0 aliphatic heterocycles. The summed E-state index contributed by atoms with van der Waals surface area (Å²) in [7, 11) is 0. The van der Waals surface area contributed by atoms with Gasteiger partial charge in [-0.2, -0.15) is 0 Å². The second-order valence-electron chi connectivity index (χ2n) is 3.34. The van der Waals surface area contributed by atoms with Gasteiger partial charge in [0, 0.05) is 9.35 Å². The topological polar surface area (TPSA) is 17.1 Å². The molecule has 0 N–H and O–H groups in total. The SMILES string of the molecule is Cc1ccc(C(=O)c2c(F)cccc2Br)s1. The van der Waals surface area contributed by atoms with E-state index in [1.807, 2.05) is 13.0 Å². The van der Waals surface area contributed by atoms with Crippen molar-refractivity contribution in [3.05, 3.63) is 55.9 Å². The molecule has 1 heterocycles. The molecule has 1 aromatic carbocycles. The smallest absolute Gasteiger partial charge is 0.207 e. The van der Waals surface area contributed by atoms with Gasteiger partial charge in [0.1, 0.15) is 5.82 Å². The van der Waals surface area contributed by atoms with Crippen molar-refractivity contribution in [3.8, 4) is 0 Å². The Labute approximate surface area is 105 Å². The minimum absolute atomic E-state index is 0.101. The molecule has 2 rings (SSSR count). The quantitative estimate of drug-likeness (QED) is 0.760. The molecule has 0 amide bonds. The van der Waals surface area contributed by atoms with E-state index in [1.165, 1.54) is 17.4 Å². The van der Waals surface area contributed by atoms with E-state index in [0.29, 0.717) is 9.35 Å². The van der Waals surface area contributed by atoms with Crippen LogP contribution in [0.3, 0.4) is 0 Å². The molecule has 1 nitrogen and oxygen atoms in total. The van der Waals surface area contributed by atoms with Crippen LogP contribution < -0.4 is 0 Å². The van der Waals surface area contributed by atoms with Gasteiger partial charge in [0.05, 0.1) is 10.4 Å². The number of hydrogen-bond acceptors (Lipinski definition) is 2. The number of halogens is 2. The van der Waals surface area contributed by atoms with Gasteiger partial charge < -0.3 is 0 Å². The van der Waals surface area contributed by atoms with Crippen LogP contribution in [0, 0.1) is 12.7 Å². The van der Waals surface area contributed by atoms with Crippen molar-refractivity contribution in [1.82, 2.24) is 0 Å². The largest absolute Gasteiger partial charge is 0.288 e. The average molecular weight is 299 g/mol. The van der Waals surface area contributed by atoms with Crippen LogP contribution in [0.25, 0.3) is 0 Å². The second-order valence-corrected chi connectivity index (χ2v) is 5.48. The maximum atomic E-state index is 13.5. The van der Waals surface area contributed by atoms with Crippen molar-refractivity contribution in [1.29, 1.82) is 0 Å². The normalized spacial score (nSPS) is 10.4. The van der Waals surface area contributed by atoms with Crippen LogP contribution in [0.2, 0.25) is 0 Å². The molecule has 2 aromatic rings. The molecule has 82 valence electrons. The third-order valence-corrected chi connectivity index (χ3v) is 3.81. The molecule has 0 unspecified atom stereocenters. The molecule has 0 saturated carbocycles. The van der Waals surface area contributed by atoms with E-state index in [4.69, 9.17) is 0 Å². The number of ketones is 1. The highest BCUT2D eigenvalue weighted by molar-refractivity contribution is 9.10. The molecule has 0 spiro atoms. The Morgan fingerprint density at radius 2 is 2.06 bits per heavy atom. The summed E-state index contributed by atoms with van der Waals surface area (Å²) in [6.07, 6.45) is 0. The van der Waals surface area contributed by atoms with Gasteiger partial charge in [0.2, 0.25) is 5.78 Å². The van der Waals surface area contributed by atoms with Gasteiger partial charge in [-0.15, -0.1) is 11.3 Å². The summed E-state index contributed by atoms with van der Waals surface area (Å²) in [6, 6.07) is 8.10. The summed E-state index contributed by atoms with van der Waals surface area (Å²) >= 11 is 4.57. The Balaban J connectivity index is 2.49. The van der Waals surface area contributed by atoms with E-state index < -0.39 is 5.82 Å². The number of thiophene rings is 1. The zero-order valence-electron chi connectivity index (χ0n) is 8.46. The van der Waals surface area contributed by atoms with Crippen LogP contribution in [0.5, 0.6) is 0 Å². The second kappa shape index (κ2) is 4.47. The molecule has 0 radical (unpaired) electrons. The molecule has 0 bridgehead atoms. The Morgan fingerprint density at radius 1 is 1.31 bits per heavy atom. The summed E-state index contributed by atoms with van der Waals surface area (Å²) in [4.78, 5) is 13.6. The molecule has 1 aromatic heterocycles. The lowest BCUT2D eigenvalue weighted by atomic mass is 10.1. The molecule has 0 atom stereocenters. The number of carbonyl (C=O) groups is 1. The predicted molar refractivity (Wildman–Crippen MR) is 66.6 cm³/mol. The lowest BCUT2D eigenvalue weighted by Crippen LogP contribution is -2.03. The van der Waals surface area contributed by atoms with Crippen LogP contribution >= 0.6 is 27.3 Å². The highest BCUT2D eigenvalue weighted by atomic mass is 79.9. The van der Waals surface area contributed by atoms with Crippen LogP contribution in [-0.4, -0.2) is 5.78 Å². The molecule has 0 aliphatic rings. The Morgan fingerprint density at radius 3 is 2.62 bits per heavy atom. The average Bonchev–Trinajstić information content (AvgIpc) is 2.64. The van der Waals surface area contributed by atoms with Gasteiger partial charge in [0.15, 0.2) is 0 Å². The molecule has 0 aliphatic carbocycles. The zero-order chi connectivity index (χ0) is 11.7. The number of carbonyl (C=O) groups excluding carboxylic acids is 1. The lowest BCUT2D eigenvalue weighted by molar-refractivity contribution is 0.103. The summed E-state index contributed by atoms with van der Waals surface area (Å²) in [5, 5.41) is 0. The first kappa shape index (κ1) is 11.5. The fraction of sp³-hybridized carbons (Fsp3) is 0.0833. The van der Waals surface area contributed by atoms with Gasteiger partial charge in [-0.3, -0.25) is 4.79 Å². The Kier molecular flexibility index (Phi) is 3.21. The first-order valence-electron chi connectivity index (χ1n) is 4.65. The molecule has 0 fully saturated rings. The van der Waals surface area contributed by atoms with Gasteiger partial charge >= 0.3 is 0 Å². The van der Waals surface area contributed by atoms with Gasteiger partial charge in [-0.1, -0.05) is 6.07 Å². The van der Waals surface area contributed by atoms with Crippen molar-refractivity contribution in [2.45, 2.75) is 6.92 Å². The van der Waals surface area contributed by atoms with E-state index in [2.05, 4.69) is 15.9 Å². The lowest BCUT2D eigenvalue weighted by Gasteiger charge is -2.02. The predicted octanol–water partition coefficient (Wildman–Crippen LogP) is 4.19. The minimum Gasteiger partial charge on any atom is -0.288 e. The maximum absolute atomic E-state index is 13.5. The van der Waals surface area contributed by atoms with Crippen LogP contribution in [-0.2, 0) is 0 Å². The number of aryl methyl sites for hydroxylation is 1. The van der Waals surface area contributed by atoms with Crippen LogP contribution in [0.4, 0.5) is 4.39 Å². The molecule has 0 saturated heterocycles. The molecule has 4 heteroatoms. The van der Waals surface area contributed by atoms with E-state index in [-0.39, 0.29) is 11.3 Å². The summed E-state index contributed by atoms with van der Waals surface area (Å²) in [5.41, 5.74) is 0.101. The van der Waals surface area contributed by atoms with E-state index in [0.717, 1.165) is 4.88 Å². The third-order valence-electron chi connectivity index (χ3n) is 2.15. The number of hydrogen-bond donors (Lipinski definition) is 0. The van der Waals surface area contributed by atoms with E-state index in [9.17, 15) is 9.18 Å². The van der Waals surface area contributed by atoms with E-state index >= 15 is 0 Å². The third kappa shape index (κ3) is 2.08. The van der Waals surface area contributed by atoms with Crippen LogP contribution in [0.15, 0.2) is 34.8 Å². The summed E-state index contributed by atoms with van der Waals surface area (Å²) < 4.78 is 14.0. The Hall–Kier alpha value is -1.000. The van der Waals surface area contributed by atoms with Gasteiger partial charge in [-0.05, 0) is 47.1 Å². The molecular weight excluding hydrogens is 291 g/mol. The zero-order valence-corrected chi connectivity index (χ0v) is 10.9. The monoisotopic (exact) mass is 298 g/mol. The first-order valence-corrected chi connectivity index (χ1v) is 6.25. The van der Waals surface area contributed by atoms with Crippen molar-refractivity contribution in [2.75, 3.05) is 0 Å². The number of benzene rings is 1. The highest BCUT2D eigenvalue weighted by Gasteiger charge is 2.18. The maximum Gasteiger partial charge on any atom is 0.207 e. The van der Waals surface area contributed by atoms with Crippen molar-refractivity contribution in [3.63, 3.8) is 0 Å². The van der Waals surface area contributed by atoms with Crippen molar-refractivity contribution >= 4 is 33.0 Å². The molecular formula is C12H8BrFOS. The first-order chi connectivity index (χ1) is 7.59. The fourth-order valence-corrected chi connectivity index (χ4v) is 2.73. The summed E-state index contributed by atoms with van der Waals surface area (Å²) in [5.74, 6) is -0.770. The van der Waals surface area contributed by atoms with Crippen molar-refractivity contribution < 1.29 is 9.18 Å².